The second-order valence-electron chi connectivity index (χ2n) is 14.0. The molecular formula is C44H57FO12. The topological polar surface area (TPSA) is 158 Å². The molecule has 0 atom stereocenters. The molecule has 0 aromatic heterocycles. The van der Waals surface area contributed by atoms with Crippen molar-refractivity contribution >= 4 is 35.4 Å². The average molecular weight is 797 g/mol. The fraction of sp³-hybridized carbons (Fsp3) is 0.500. The summed E-state index contributed by atoms with van der Waals surface area (Å²) in [7, 11) is 0. The molecule has 0 aliphatic rings. The smallest absolute Gasteiger partial charge is 0.374 e. The number of rotatable bonds is 28. The highest BCUT2D eigenvalue weighted by molar-refractivity contribution is 6.33. The number of Topliss-reactive ketones (excluding diaryl/α,β-unsaturated/α-hetero) is 2. The summed E-state index contributed by atoms with van der Waals surface area (Å²) in [6.45, 7) is 13.5. The zero-order valence-electron chi connectivity index (χ0n) is 34.0. The molecule has 0 saturated heterocycles. The molecule has 0 radical (unpaired) electrons. The number of hydrogen-bond donors (Lipinski definition) is 0. The predicted molar refractivity (Wildman–Crippen MR) is 211 cm³/mol. The Morgan fingerprint density at radius 1 is 0.579 bits per heavy atom. The van der Waals surface area contributed by atoms with Crippen molar-refractivity contribution in [3.8, 4) is 22.6 Å². The van der Waals surface area contributed by atoms with E-state index < -0.39 is 73.1 Å². The molecule has 57 heavy (non-hydrogen) atoms. The molecule has 0 bridgehead atoms. The fourth-order valence-electron chi connectivity index (χ4n) is 5.22. The van der Waals surface area contributed by atoms with Crippen molar-refractivity contribution in [1.82, 2.24) is 0 Å². The van der Waals surface area contributed by atoms with Crippen LogP contribution >= 0.6 is 0 Å². The Hall–Kier alpha value is -5.33. The maximum absolute atomic E-state index is 15.3. The van der Waals surface area contributed by atoms with Crippen molar-refractivity contribution in [3.05, 3.63) is 72.1 Å². The number of benzene rings is 2. The molecule has 312 valence electrons. The van der Waals surface area contributed by atoms with Crippen LogP contribution in [-0.2, 0) is 54.1 Å². The number of ketones is 2. The molecule has 2 rings (SSSR count). The summed E-state index contributed by atoms with van der Waals surface area (Å²) in [5.74, 6) is -5.38. The van der Waals surface area contributed by atoms with Gasteiger partial charge in [0, 0.05) is 24.0 Å². The standard InChI is InChI=1S/C44H57FO12/c1-8-11-12-13-14-15-22-52-39-21-19-33(25-35(39)45)32-18-20-38(34(24-32)17-16-23-53-40(48)30(4)5)54-26-44(27-55-41(49)31(6)7,28-56-42(50)36(46)9-2)29-57-43(51)37(47)10-3/h18-21,24-25H,4,6,8-17,22-23,26-29H2,1-3,5,7H3. The van der Waals surface area contributed by atoms with Crippen LogP contribution in [0.2, 0.25) is 0 Å². The molecule has 0 fully saturated rings. The van der Waals surface area contributed by atoms with Gasteiger partial charge in [-0.1, -0.05) is 78.2 Å². The fourth-order valence-corrected chi connectivity index (χ4v) is 5.22. The van der Waals surface area contributed by atoms with Gasteiger partial charge in [0.25, 0.3) is 0 Å². The number of carbonyl (C=O) groups is 6. The zero-order chi connectivity index (χ0) is 42.4. The van der Waals surface area contributed by atoms with Crippen LogP contribution in [-0.4, -0.2) is 75.1 Å². The van der Waals surface area contributed by atoms with Crippen LogP contribution < -0.4 is 9.47 Å². The minimum absolute atomic E-state index is 0.0538. The Bertz CT molecular complexity index is 1700. The molecule has 2 aromatic carbocycles. The summed E-state index contributed by atoms with van der Waals surface area (Å²) < 4.78 is 48.6. The van der Waals surface area contributed by atoms with Crippen LogP contribution in [0.1, 0.15) is 98.0 Å². The molecule has 0 saturated carbocycles. The normalized spacial score (nSPS) is 10.9. The largest absolute Gasteiger partial charge is 0.492 e. The SMILES string of the molecule is C=C(C)C(=O)OCCCc1cc(-c2ccc(OCCCCCCCC)c(F)c2)ccc1OCC(COC(=O)C(=C)C)(COC(=O)C(=O)CC)COC(=O)C(=O)CC. The quantitative estimate of drug-likeness (QED) is 0.0271. The third-order valence-corrected chi connectivity index (χ3v) is 8.76. The first kappa shape index (κ1) is 47.8. The van der Waals surface area contributed by atoms with Gasteiger partial charge in [0.05, 0.1) is 13.2 Å². The number of unbranched alkanes of at least 4 members (excludes halogenated alkanes) is 5. The first-order valence-corrected chi connectivity index (χ1v) is 19.4. The van der Waals surface area contributed by atoms with Crippen LogP contribution in [0.5, 0.6) is 11.5 Å². The van der Waals surface area contributed by atoms with Gasteiger partial charge >= 0.3 is 23.9 Å². The molecule has 0 unspecified atom stereocenters. The van der Waals surface area contributed by atoms with E-state index in [2.05, 4.69) is 20.1 Å². The van der Waals surface area contributed by atoms with Gasteiger partial charge in [-0.05, 0) is 74.1 Å². The van der Waals surface area contributed by atoms with E-state index in [1.165, 1.54) is 46.6 Å². The highest BCUT2D eigenvalue weighted by atomic mass is 19.1. The van der Waals surface area contributed by atoms with Gasteiger partial charge in [-0.25, -0.2) is 23.6 Å². The molecule has 0 aliphatic carbocycles. The van der Waals surface area contributed by atoms with E-state index in [4.69, 9.17) is 28.4 Å². The van der Waals surface area contributed by atoms with Gasteiger partial charge in [-0.15, -0.1) is 0 Å². The average Bonchev–Trinajstić information content (AvgIpc) is 3.20. The summed E-state index contributed by atoms with van der Waals surface area (Å²) in [5.41, 5.74) is 0.487. The Labute approximate surface area is 335 Å². The minimum atomic E-state index is -1.61. The Kier molecular flexibility index (Phi) is 21.0. The van der Waals surface area contributed by atoms with Crippen LogP contribution in [0.15, 0.2) is 60.7 Å². The van der Waals surface area contributed by atoms with Crippen molar-refractivity contribution in [2.75, 3.05) is 39.6 Å². The molecule has 13 heteroatoms. The molecular weight excluding hydrogens is 739 g/mol. The monoisotopic (exact) mass is 796 g/mol. The van der Waals surface area contributed by atoms with Crippen molar-refractivity contribution in [1.29, 1.82) is 0 Å². The third-order valence-electron chi connectivity index (χ3n) is 8.76. The van der Waals surface area contributed by atoms with E-state index in [1.807, 2.05) is 0 Å². The first-order valence-electron chi connectivity index (χ1n) is 19.4. The highest BCUT2D eigenvalue weighted by Crippen LogP contribution is 2.32. The highest BCUT2D eigenvalue weighted by Gasteiger charge is 2.39. The van der Waals surface area contributed by atoms with Gasteiger partial charge in [0.1, 0.15) is 37.6 Å². The van der Waals surface area contributed by atoms with Crippen LogP contribution in [0, 0.1) is 11.2 Å². The molecule has 0 aliphatic heterocycles. The number of esters is 4. The molecule has 0 N–H and O–H groups in total. The summed E-state index contributed by atoms with van der Waals surface area (Å²) in [5, 5.41) is 0. The number of hydrogen-bond acceptors (Lipinski definition) is 12. The molecule has 2 aromatic rings. The lowest BCUT2D eigenvalue weighted by Gasteiger charge is -2.32. The van der Waals surface area contributed by atoms with Gasteiger partial charge in [-0.3, -0.25) is 9.59 Å². The molecule has 0 heterocycles. The van der Waals surface area contributed by atoms with Gasteiger partial charge in [0.2, 0.25) is 11.6 Å². The molecule has 0 amide bonds. The van der Waals surface area contributed by atoms with Crippen molar-refractivity contribution in [2.24, 2.45) is 5.41 Å². The maximum atomic E-state index is 15.3. The number of ether oxygens (including phenoxy) is 6. The predicted octanol–water partition coefficient (Wildman–Crippen LogP) is 7.81. The Morgan fingerprint density at radius 3 is 1.63 bits per heavy atom. The lowest BCUT2D eigenvalue weighted by molar-refractivity contribution is -0.168. The van der Waals surface area contributed by atoms with E-state index in [0.717, 1.165) is 25.7 Å². The van der Waals surface area contributed by atoms with E-state index in [9.17, 15) is 28.8 Å². The lowest BCUT2D eigenvalue weighted by atomic mass is 9.91. The van der Waals surface area contributed by atoms with E-state index in [-0.39, 0.29) is 36.3 Å². The van der Waals surface area contributed by atoms with Gasteiger partial charge < -0.3 is 28.4 Å². The lowest BCUT2D eigenvalue weighted by Crippen LogP contribution is -2.45. The second-order valence-corrected chi connectivity index (χ2v) is 14.0. The van der Waals surface area contributed by atoms with E-state index in [1.54, 1.807) is 30.3 Å². The summed E-state index contributed by atoms with van der Waals surface area (Å²) in [4.78, 5) is 73.7. The van der Waals surface area contributed by atoms with Crippen molar-refractivity contribution < 1.29 is 61.6 Å². The number of halogens is 1. The van der Waals surface area contributed by atoms with Crippen LogP contribution in [0.4, 0.5) is 4.39 Å². The van der Waals surface area contributed by atoms with Crippen molar-refractivity contribution in [2.45, 2.75) is 98.8 Å². The Morgan fingerprint density at radius 2 is 1.09 bits per heavy atom. The second kappa shape index (κ2) is 25.0. The third kappa shape index (κ3) is 16.7. The van der Waals surface area contributed by atoms with E-state index >= 15 is 4.39 Å². The summed E-state index contributed by atoms with van der Waals surface area (Å²) in [6.07, 6.45) is 6.87. The first-order chi connectivity index (χ1) is 27.2. The molecule has 0 spiro atoms. The number of aryl methyl sites for hydroxylation is 1. The van der Waals surface area contributed by atoms with Crippen molar-refractivity contribution in [3.63, 3.8) is 0 Å². The van der Waals surface area contributed by atoms with Gasteiger partial charge in [-0.2, -0.15) is 0 Å². The van der Waals surface area contributed by atoms with E-state index in [0.29, 0.717) is 41.9 Å². The van der Waals surface area contributed by atoms with Gasteiger partial charge in [0.15, 0.2) is 11.6 Å². The summed E-state index contributed by atoms with van der Waals surface area (Å²) in [6, 6.07) is 9.82. The van der Waals surface area contributed by atoms with Crippen LogP contribution in [0.25, 0.3) is 11.1 Å². The maximum Gasteiger partial charge on any atom is 0.374 e. The summed E-state index contributed by atoms with van der Waals surface area (Å²) >= 11 is 0. The minimum Gasteiger partial charge on any atom is -0.492 e. The Balaban J connectivity index is 2.47. The zero-order valence-corrected chi connectivity index (χ0v) is 34.0. The number of carbonyl (C=O) groups excluding carboxylic acids is 6. The molecule has 12 nitrogen and oxygen atoms in total. The van der Waals surface area contributed by atoms with Crippen LogP contribution in [0.3, 0.4) is 0 Å².